The van der Waals surface area contributed by atoms with Crippen molar-refractivity contribution in [3.63, 3.8) is 0 Å². The zero-order chi connectivity index (χ0) is 14.3. The first-order chi connectivity index (χ1) is 8.62. The summed E-state index contributed by atoms with van der Waals surface area (Å²) in [5, 5.41) is 28.5. The van der Waals surface area contributed by atoms with Crippen molar-refractivity contribution in [2.45, 2.75) is 58.2 Å². The highest BCUT2D eigenvalue weighted by Crippen LogP contribution is 2.70. The van der Waals surface area contributed by atoms with E-state index in [9.17, 15) is 10.4 Å². The fourth-order valence-corrected chi connectivity index (χ4v) is 4.65. The van der Waals surface area contributed by atoms with E-state index in [-0.39, 0.29) is 11.3 Å². The van der Waals surface area contributed by atoms with Crippen LogP contribution >= 0.6 is 0 Å². The van der Waals surface area contributed by atoms with E-state index >= 15 is 0 Å². The van der Waals surface area contributed by atoms with Gasteiger partial charge in [-0.25, -0.2) is 0 Å². The SMILES string of the molecule is CC1(C)CC[C@@]2(O)C(=N)O[C@@]3(C)CC(C#N)=C1[C@@]23C. The minimum atomic E-state index is -1.26. The molecule has 1 heterocycles. The highest BCUT2D eigenvalue weighted by molar-refractivity contribution is 5.89. The summed E-state index contributed by atoms with van der Waals surface area (Å²) in [7, 11) is 0. The van der Waals surface area contributed by atoms with E-state index in [1.54, 1.807) is 0 Å². The van der Waals surface area contributed by atoms with Crippen LogP contribution in [0.25, 0.3) is 0 Å². The van der Waals surface area contributed by atoms with Crippen LogP contribution in [-0.4, -0.2) is 22.2 Å². The molecule has 2 fully saturated rings. The second-order valence-electron chi connectivity index (χ2n) is 7.17. The third kappa shape index (κ3) is 1.08. The van der Waals surface area contributed by atoms with Crippen LogP contribution in [0.5, 0.6) is 0 Å². The lowest BCUT2D eigenvalue weighted by atomic mass is 9.52. The topological polar surface area (TPSA) is 77.1 Å². The molecule has 1 saturated carbocycles. The quantitative estimate of drug-likeness (QED) is 0.702. The van der Waals surface area contributed by atoms with Crippen LogP contribution in [0.3, 0.4) is 0 Å². The van der Waals surface area contributed by atoms with Crippen molar-refractivity contribution in [3.05, 3.63) is 11.1 Å². The number of ether oxygens (including phenoxy) is 1. The maximum Gasteiger partial charge on any atom is 0.215 e. The average molecular weight is 260 g/mol. The van der Waals surface area contributed by atoms with Crippen LogP contribution in [-0.2, 0) is 4.74 Å². The second kappa shape index (κ2) is 3.04. The predicted molar refractivity (Wildman–Crippen MR) is 70.5 cm³/mol. The average Bonchev–Trinajstić information content (AvgIpc) is 2.62. The monoisotopic (exact) mass is 260 g/mol. The smallest absolute Gasteiger partial charge is 0.215 e. The van der Waals surface area contributed by atoms with Gasteiger partial charge < -0.3 is 9.84 Å². The summed E-state index contributed by atoms with van der Waals surface area (Å²) in [6, 6.07) is 2.30. The summed E-state index contributed by atoms with van der Waals surface area (Å²) < 4.78 is 5.76. The Balaban J connectivity index is 2.34. The van der Waals surface area contributed by atoms with Crippen molar-refractivity contribution < 1.29 is 9.84 Å². The molecule has 3 aliphatic rings. The zero-order valence-electron chi connectivity index (χ0n) is 11.9. The maximum absolute atomic E-state index is 11.0. The molecule has 19 heavy (non-hydrogen) atoms. The summed E-state index contributed by atoms with van der Waals surface area (Å²) in [6.07, 6.45) is 1.78. The van der Waals surface area contributed by atoms with Gasteiger partial charge in [-0.15, -0.1) is 0 Å². The molecule has 0 aromatic rings. The van der Waals surface area contributed by atoms with E-state index in [1.807, 2.05) is 13.8 Å². The van der Waals surface area contributed by atoms with Gasteiger partial charge in [-0.2, -0.15) is 5.26 Å². The minimum absolute atomic E-state index is 0.0255. The van der Waals surface area contributed by atoms with Gasteiger partial charge in [-0.05, 0) is 37.7 Å². The Hall–Kier alpha value is -1.34. The molecule has 3 rings (SSSR count). The second-order valence-corrected chi connectivity index (χ2v) is 7.17. The molecule has 0 aromatic heterocycles. The maximum atomic E-state index is 11.0. The first-order valence-corrected chi connectivity index (χ1v) is 6.77. The lowest BCUT2D eigenvalue weighted by molar-refractivity contribution is -0.0763. The molecule has 0 unspecified atom stereocenters. The number of rotatable bonds is 0. The molecule has 4 nitrogen and oxygen atoms in total. The van der Waals surface area contributed by atoms with Gasteiger partial charge in [0.25, 0.3) is 0 Å². The van der Waals surface area contributed by atoms with Gasteiger partial charge in [-0.3, -0.25) is 5.41 Å². The van der Waals surface area contributed by atoms with Gasteiger partial charge in [0, 0.05) is 12.0 Å². The Kier molecular flexibility index (Phi) is 2.03. The number of hydrogen-bond acceptors (Lipinski definition) is 4. The number of hydrogen-bond donors (Lipinski definition) is 2. The van der Waals surface area contributed by atoms with Crippen LogP contribution in [0.4, 0.5) is 0 Å². The Morgan fingerprint density at radius 2 is 1.89 bits per heavy atom. The number of nitriles is 1. The van der Waals surface area contributed by atoms with E-state index < -0.39 is 16.6 Å². The molecule has 0 bridgehead atoms. The molecule has 102 valence electrons. The highest BCUT2D eigenvalue weighted by atomic mass is 16.5. The zero-order valence-corrected chi connectivity index (χ0v) is 11.9. The van der Waals surface area contributed by atoms with Gasteiger partial charge in [0.15, 0.2) is 5.60 Å². The third-order valence-electron chi connectivity index (χ3n) is 5.83. The van der Waals surface area contributed by atoms with Crippen molar-refractivity contribution in [2.24, 2.45) is 10.8 Å². The molecular weight excluding hydrogens is 240 g/mol. The van der Waals surface area contributed by atoms with Crippen molar-refractivity contribution in [2.75, 3.05) is 0 Å². The molecule has 0 spiro atoms. The molecular formula is C15H20N2O2. The van der Waals surface area contributed by atoms with Gasteiger partial charge >= 0.3 is 0 Å². The fourth-order valence-electron chi connectivity index (χ4n) is 4.65. The summed E-state index contributed by atoms with van der Waals surface area (Å²) in [4.78, 5) is 0. The third-order valence-corrected chi connectivity index (χ3v) is 5.83. The lowest BCUT2D eigenvalue weighted by Crippen LogP contribution is -2.58. The van der Waals surface area contributed by atoms with E-state index in [1.165, 1.54) is 0 Å². The van der Waals surface area contributed by atoms with Gasteiger partial charge in [0.05, 0.1) is 11.5 Å². The summed E-state index contributed by atoms with van der Waals surface area (Å²) in [5.74, 6) is -0.0255. The van der Waals surface area contributed by atoms with Crippen molar-refractivity contribution in [3.8, 4) is 6.07 Å². The van der Waals surface area contributed by atoms with E-state index in [0.29, 0.717) is 12.8 Å². The van der Waals surface area contributed by atoms with E-state index in [4.69, 9.17) is 10.1 Å². The summed E-state index contributed by atoms with van der Waals surface area (Å²) in [6.45, 7) is 8.14. The Labute approximate surface area is 113 Å². The Bertz CT molecular complexity index is 571. The number of nitrogens with zero attached hydrogens (tertiary/aromatic N) is 1. The molecule has 0 radical (unpaired) electrons. The lowest BCUT2D eigenvalue weighted by Gasteiger charge is -2.51. The largest absolute Gasteiger partial charge is 0.471 e. The number of aliphatic hydroxyl groups is 1. The number of nitrogens with one attached hydrogen (secondary N) is 1. The first-order valence-electron chi connectivity index (χ1n) is 6.77. The standard InChI is InChI=1S/C15H20N2O2/c1-12(2)5-6-15(18)11(17)19-13(3)7-9(8-16)10(12)14(13,15)4/h17-18H,5-7H2,1-4H3/t13-,14+,15+/m0/s1. The van der Waals surface area contributed by atoms with Crippen molar-refractivity contribution in [1.29, 1.82) is 10.7 Å². The van der Waals surface area contributed by atoms with Crippen molar-refractivity contribution in [1.82, 2.24) is 0 Å². The normalized spacial score (nSPS) is 46.8. The molecule has 2 N–H and O–H groups in total. The predicted octanol–water partition coefficient (Wildman–Crippen LogP) is 2.53. The van der Waals surface area contributed by atoms with Crippen LogP contribution in [0.15, 0.2) is 11.1 Å². The van der Waals surface area contributed by atoms with E-state index in [0.717, 1.165) is 17.6 Å². The molecule has 0 amide bonds. The summed E-state index contributed by atoms with van der Waals surface area (Å²) in [5.41, 5.74) is -0.981. The molecule has 1 saturated heterocycles. The Morgan fingerprint density at radius 1 is 1.26 bits per heavy atom. The van der Waals surface area contributed by atoms with Crippen molar-refractivity contribution >= 4 is 5.90 Å². The molecule has 3 atom stereocenters. The van der Waals surface area contributed by atoms with Gasteiger partial charge in [0.2, 0.25) is 5.90 Å². The first kappa shape index (κ1) is 12.7. The molecule has 2 aliphatic carbocycles. The van der Waals surface area contributed by atoms with Crippen LogP contribution in [0.1, 0.15) is 47.0 Å². The summed E-state index contributed by atoms with van der Waals surface area (Å²) >= 11 is 0. The van der Waals surface area contributed by atoms with Crippen LogP contribution < -0.4 is 0 Å². The fraction of sp³-hybridized carbons (Fsp3) is 0.733. The van der Waals surface area contributed by atoms with Crippen LogP contribution in [0, 0.1) is 27.6 Å². The van der Waals surface area contributed by atoms with E-state index in [2.05, 4.69) is 19.9 Å². The highest BCUT2D eigenvalue weighted by Gasteiger charge is 2.76. The minimum Gasteiger partial charge on any atom is -0.471 e. The van der Waals surface area contributed by atoms with Gasteiger partial charge in [-0.1, -0.05) is 13.8 Å². The molecule has 4 heteroatoms. The molecule has 1 aliphatic heterocycles. The van der Waals surface area contributed by atoms with Crippen LogP contribution in [0.2, 0.25) is 0 Å². The van der Waals surface area contributed by atoms with Gasteiger partial charge in [0.1, 0.15) is 5.60 Å². The Morgan fingerprint density at radius 3 is 2.47 bits per heavy atom. The molecule has 0 aromatic carbocycles.